The lowest BCUT2D eigenvalue weighted by Gasteiger charge is -2.19. The molecule has 0 heterocycles. The second-order valence-corrected chi connectivity index (χ2v) is 8.60. The summed E-state index contributed by atoms with van der Waals surface area (Å²) in [6.07, 6.45) is 4.71. The van der Waals surface area contributed by atoms with Crippen molar-refractivity contribution in [2.45, 2.75) is 44.2 Å². The zero-order valence-electron chi connectivity index (χ0n) is 19.0. The number of anilines is 1. The molecule has 4 rings (SSSR count). The summed E-state index contributed by atoms with van der Waals surface area (Å²) in [5.74, 6) is -0.728. The average molecular weight is 456 g/mol. The van der Waals surface area contributed by atoms with E-state index in [2.05, 4.69) is 16.0 Å². The van der Waals surface area contributed by atoms with Crippen LogP contribution in [0.5, 0.6) is 0 Å². The van der Waals surface area contributed by atoms with Crippen LogP contribution in [0.1, 0.15) is 52.0 Å². The molecule has 174 valence electrons. The van der Waals surface area contributed by atoms with Crippen LogP contribution in [0, 0.1) is 0 Å². The Hall–Kier alpha value is -3.93. The summed E-state index contributed by atoms with van der Waals surface area (Å²) in [7, 11) is 0. The van der Waals surface area contributed by atoms with E-state index in [1.54, 1.807) is 48.5 Å². The van der Waals surface area contributed by atoms with Gasteiger partial charge in [0, 0.05) is 29.3 Å². The summed E-state index contributed by atoms with van der Waals surface area (Å²) < 4.78 is 0. The largest absolute Gasteiger partial charge is 0.349 e. The molecule has 34 heavy (non-hydrogen) atoms. The highest BCUT2D eigenvalue weighted by atomic mass is 16.2. The Labute approximate surface area is 199 Å². The van der Waals surface area contributed by atoms with Crippen LogP contribution < -0.4 is 16.0 Å². The van der Waals surface area contributed by atoms with Crippen LogP contribution in [0.25, 0.3) is 0 Å². The molecule has 3 amide bonds. The van der Waals surface area contributed by atoms with Crippen molar-refractivity contribution in [1.29, 1.82) is 0 Å². The van der Waals surface area contributed by atoms with Gasteiger partial charge in [0.25, 0.3) is 11.8 Å². The third-order valence-electron chi connectivity index (χ3n) is 6.05. The van der Waals surface area contributed by atoms with E-state index in [1.807, 2.05) is 36.4 Å². The summed E-state index contributed by atoms with van der Waals surface area (Å²) in [4.78, 5) is 38.3. The normalized spacial score (nSPS) is 14.2. The van der Waals surface area contributed by atoms with E-state index < -0.39 is 6.04 Å². The quantitative estimate of drug-likeness (QED) is 0.472. The zero-order valence-corrected chi connectivity index (χ0v) is 19.0. The van der Waals surface area contributed by atoms with Crippen molar-refractivity contribution in [3.05, 3.63) is 102 Å². The molecule has 0 radical (unpaired) electrons. The van der Waals surface area contributed by atoms with Gasteiger partial charge in [0.15, 0.2) is 0 Å². The molecule has 3 aromatic rings. The second-order valence-electron chi connectivity index (χ2n) is 8.60. The maximum Gasteiger partial charge on any atom is 0.251 e. The molecule has 0 aromatic heterocycles. The van der Waals surface area contributed by atoms with Gasteiger partial charge in [-0.2, -0.15) is 0 Å². The molecule has 1 atom stereocenters. The van der Waals surface area contributed by atoms with Crippen molar-refractivity contribution < 1.29 is 14.4 Å². The molecule has 0 saturated heterocycles. The van der Waals surface area contributed by atoms with Crippen LogP contribution in [-0.2, 0) is 11.2 Å². The molecule has 6 heteroatoms. The van der Waals surface area contributed by atoms with Crippen molar-refractivity contribution in [2.24, 2.45) is 0 Å². The summed E-state index contributed by atoms with van der Waals surface area (Å²) in [6.45, 7) is 0. The topological polar surface area (TPSA) is 87.3 Å². The van der Waals surface area contributed by atoms with Gasteiger partial charge in [0.05, 0.1) is 0 Å². The number of hydrogen-bond acceptors (Lipinski definition) is 3. The van der Waals surface area contributed by atoms with E-state index >= 15 is 0 Å². The Balaban J connectivity index is 1.42. The average Bonchev–Trinajstić information content (AvgIpc) is 3.38. The van der Waals surface area contributed by atoms with Crippen molar-refractivity contribution in [3.63, 3.8) is 0 Å². The number of hydrogen-bond donors (Lipinski definition) is 3. The fourth-order valence-corrected chi connectivity index (χ4v) is 4.16. The Morgan fingerprint density at radius 2 is 1.32 bits per heavy atom. The zero-order chi connectivity index (χ0) is 23.8. The predicted octanol–water partition coefficient (Wildman–Crippen LogP) is 4.34. The Morgan fingerprint density at radius 3 is 1.97 bits per heavy atom. The fourth-order valence-electron chi connectivity index (χ4n) is 4.16. The first-order valence-electron chi connectivity index (χ1n) is 11.7. The molecule has 0 aliphatic heterocycles. The molecular formula is C28H29N3O3. The molecule has 1 aliphatic rings. The van der Waals surface area contributed by atoms with Crippen molar-refractivity contribution >= 4 is 23.4 Å². The van der Waals surface area contributed by atoms with Gasteiger partial charge in [-0.25, -0.2) is 0 Å². The van der Waals surface area contributed by atoms with Gasteiger partial charge in [-0.15, -0.1) is 0 Å². The molecule has 3 aromatic carbocycles. The molecule has 1 saturated carbocycles. The summed E-state index contributed by atoms with van der Waals surface area (Å²) in [5, 5.41) is 8.79. The summed E-state index contributed by atoms with van der Waals surface area (Å²) in [6, 6.07) is 24.7. The van der Waals surface area contributed by atoms with E-state index in [0.29, 0.717) is 23.2 Å². The van der Waals surface area contributed by atoms with Crippen molar-refractivity contribution in [2.75, 3.05) is 5.32 Å². The molecule has 1 unspecified atom stereocenters. The number of carbonyl (C=O) groups is 3. The third kappa shape index (κ3) is 6.32. The standard InChI is InChI=1S/C28H29N3O3/c32-26(29-23-13-7-8-14-23)22-15-17-24(18-16-22)30-28(34)25(19-20-9-3-1-4-10-20)31-27(33)21-11-5-2-6-12-21/h1-6,9-12,15-18,23,25H,7-8,13-14,19H2,(H,29,32)(H,30,34)(H,31,33). The Kier molecular flexibility index (Phi) is 7.71. The van der Waals surface area contributed by atoms with Crippen LogP contribution in [0.4, 0.5) is 5.69 Å². The molecule has 1 fully saturated rings. The van der Waals surface area contributed by atoms with Gasteiger partial charge in [0.1, 0.15) is 6.04 Å². The minimum absolute atomic E-state index is 0.0955. The van der Waals surface area contributed by atoms with E-state index in [9.17, 15) is 14.4 Å². The first kappa shape index (κ1) is 23.2. The van der Waals surface area contributed by atoms with Gasteiger partial charge in [-0.05, 0) is 54.8 Å². The first-order valence-corrected chi connectivity index (χ1v) is 11.7. The van der Waals surface area contributed by atoms with Crippen molar-refractivity contribution in [3.8, 4) is 0 Å². The molecule has 1 aliphatic carbocycles. The summed E-state index contributed by atoms with van der Waals surface area (Å²) >= 11 is 0. The Bertz CT molecular complexity index is 1110. The maximum absolute atomic E-state index is 13.1. The highest BCUT2D eigenvalue weighted by molar-refractivity contribution is 6.01. The number of carbonyl (C=O) groups excluding carboxylic acids is 3. The highest BCUT2D eigenvalue weighted by Crippen LogP contribution is 2.19. The van der Waals surface area contributed by atoms with E-state index in [-0.39, 0.29) is 23.8 Å². The van der Waals surface area contributed by atoms with E-state index in [1.165, 1.54) is 0 Å². The minimum Gasteiger partial charge on any atom is -0.349 e. The third-order valence-corrected chi connectivity index (χ3v) is 6.05. The smallest absolute Gasteiger partial charge is 0.251 e. The van der Waals surface area contributed by atoms with Crippen LogP contribution in [0.3, 0.4) is 0 Å². The molecule has 6 nitrogen and oxygen atoms in total. The molecular weight excluding hydrogens is 426 g/mol. The summed E-state index contributed by atoms with van der Waals surface area (Å²) in [5.41, 5.74) is 2.55. The second kappa shape index (κ2) is 11.3. The van der Waals surface area contributed by atoms with Crippen LogP contribution >= 0.6 is 0 Å². The lowest BCUT2D eigenvalue weighted by atomic mass is 10.0. The van der Waals surface area contributed by atoms with Gasteiger partial charge in [0.2, 0.25) is 5.91 Å². The first-order chi connectivity index (χ1) is 16.6. The maximum atomic E-state index is 13.1. The SMILES string of the molecule is O=C(NC1CCCC1)c1ccc(NC(=O)C(Cc2ccccc2)NC(=O)c2ccccc2)cc1. The highest BCUT2D eigenvalue weighted by Gasteiger charge is 2.23. The molecule has 0 bridgehead atoms. The lowest BCUT2D eigenvalue weighted by Crippen LogP contribution is -2.45. The monoisotopic (exact) mass is 455 g/mol. The Morgan fingerprint density at radius 1 is 0.735 bits per heavy atom. The molecule has 0 spiro atoms. The van der Waals surface area contributed by atoms with Gasteiger partial charge < -0.3 is 16.0 Å². The van der Waals surface area contributed by atoms with Gasteiger partial charge in [-0.3, -0.25) is 14.4 Å². The van der Waals surface area contributed by atoms with E-state index in [4.69, 9.17) is 0 Å². The number of benzene rings is 3. The predicted molar refractivity (Wildman–Crippen MR) is 133 cm³/mol. The van der Waals surface area contributed by atoms with Crippen molar-refractivity contribution in [1.82, 2.24) is 10.6 Å². The van der Waals surface area contributed by atoms with E-state index in [0.717, 1.165) is 31.2 Å². The van der Waals surface area contributed by atoms with Crippen LogP contribution in [0.2, 0.25) is 0 Å². The molecule has 3 N–H and O–H groups in total. The van der Waals surface area contributed by atoms with Gasteiger partial charge in [-0.1, -0.05) is 61.4 Å². The number of nitrogens with one attached hydrogen (secondary N) is 3. The van der Waals surface area contributed by atoms with Gasteiger partial charge >= 0.3 is 0 Å². The number of amides is 3. The fraction of sp³-hybridized carbons (Fsp3) is 0.250. The number of rotatable bonds is 8. The van der Waals surface area contributed by atoms with Crippen LogP contribution in [-0.4, -0.2) is 29.8 Å². The minimum atomic E-state index is -0.763. The van der Waals surface area contributed by atoms with Crippen LogP contribution in [0.15, 0.2) is 84.9 Å². The lowest BCUT2D eigenvalue weighted by molar-refractivity contribution is -0.118.